The van der Waals surface area contributed by atoms with Crippen LogP contribution in [0.3, 0.4) is 0 Å². The van der Waals surface area contributed by atoms with Gasteiger partial charge in [0.25, 0.3) is 0 Å². The van der Waals surface area contributed by atoms with Gasteiger partial charge >= 0.3 is 5.97 Å². The van der Waals surface area contributed by atoms with Gasteiger partial charge < -0.3 is 9.47 Å². The number of benzene rings is 1. The van der Waals surface area contributed by atoms with Gasteiger partial charge in [0.15, 0.2) is 0 Å². The Labute approximate surface area is 143 Å². The molecule has 21 heavy (non-hydrogen) atoms. The minimum Gasteiger partial charge on any atom is -0.468 e. The number of ether oxygens (including phenoxy) is 2. The van der Waals surface area contributed by atoms with E-state index >= 15 is 0 Å². The van der Waals surface area contributed by atoms with Crippen molar-refractivity contribution in [1.82, 2.24) is 0 Å². The van der Waals surface area contributed by atoms with Gasteiger partial charge in [0.1, 0.15) is 3.92 Å². The first-order valence-electron chi connectivity index (χ1n) is 6.42. The van der Waals surface area contributed by atoms with Crippen molar-refractivity contribution in [1.29, 1.82) is 5.26 Å². The van der Waals surface area contributed by atoms with Crippen LogP contribution < -0.4 is 0 Å². The Morgan fingerprint density at radius 1 is 1.48 bits per heavy atom. The highest BCUT2D eigenvalue weighted by atomic mass is 127. The van der Waals surface area contributed by atoms with Crippen molar-refractivity contribution in [2.75, 3.05) is 26.6 Å². The Bertz CT molecular complexity index is 504. The van der Waals surface area contributed by atoms with Crippen molar-refractivity contribution in [3.05, 3.63) is 35.4 Å². The number of carbonyl (C=O) groups excluding carboxylic acids is 1. The molecule has 2 atom stereocenters. The minimum absolute atomic E-state index is 0.0582. The average Bonchev–Trinajstić information content (AvgIpc) is 2.52. The largest absolute Gasteiger partial charge is 0.468 e. The molecule has 0 spiro atoms. The van der Waals surface area contributed by atoms with Crippen LogP contribution in [0.4, 0.5) is 0 Å². The maximum absolute atomic E-state index is 11.3. The summed E-state index contributed by atoms with van der Waals surface area (Å²) in [5.74, 6) is -0.0351. The number of hydrogen-bond donors (Lipinski definition) is 0. The van der Waals surface area contributed by atoms with Gasteiger partial charge in [0, 0.05) is 7.11 Å². The number of thioether (sulfide) groups is 1. The second-order valence-electron chi connectivity index (χ2n) is 4.33. The second-order valence-corrected chi connectivity index (χ2v) is 6.80. The van der Waals surface area contributed by atoms with E-state index in [2.05, 4.69) is 39.5 Å². The summed E-state index contributed by atoms with van der Waals surface area (Å²) in [5.41, 5.74) is 2.22. The Morgan fingerprint density at radius 2 is 2.24 bits per heavy atom. The van der Waals surface area contributed by atoms with Crippen LogP contribution in [0.25, 0.3) is 0 Å². The molecule has 0 saturated heterocycles. The minimum atomic E-state index is -0.276. The number of methoxy groups -OCH3 is 2. The van der Waals surface area contributed by atoms with Gasteiger partial charge in [-0.25, -0.2) is 0 Å². The van der Waals surface area contributed by atoms with Gasteiger partial charge in [-0.05, 0) is 17.5 Å². The van der Waals surface area contributed by atoms with Crippen molar-refractivity contribution < 1.29 is 14.3 Å². The molecule has 6 heteroatoms. The highest BCUT2D eigenvalue weighted by Crippen LogP contribution is 2.36. The van der Waals surface area contributed by atoms with Crippen LogP contribution in [0.2, 0.25) is 0 Å². The molecular weight excluding hydrogens is 401 g/mol. The first kappa shape index (κ1) is 18.3. The van der Waals surface area contributed by atoms with E-state index in [1.165, 1.54) is 24.4 Å². The zero-order valence-electron chi connectivity index (χ0n) is 12.0. The molecule has 0 N–H and O–H groups in total. The van der Waals surface area contributed by atoms with Gasteiger partial charge in [-0.3, -0.25) is 4.79 Å². The number of nitrogens with zero attached hydrogens (tertiary/aromatic N) is 1. The van der Waals surface area contributed by atoms with E-state index in [9.17, 15) is 10.1 Å². The number of hydrogen-bond acceptors (Lipinski definition) is 5. The number of esters is 1. The molecule has 0 aliphatic carbocycles. The second kappa shape index (κ2) is 10.0. The maximum Gasteiger partial charge on any atom is 0.315 e. The predicted octanol–water partition coefficient (Wildman–Crippen LogP) is 3.15. The fourth-order valence-corrected chi connectivity index (χ4v) is 3.82. The number of alkyl halides is 1. The topological polar surface area (TPSA) is 59.3 Å². The van der Waals surface area contributed by atoms with Crippen LogP contribution in [0.15, 0.2) is 24.3 Å². The summed E-state index contributed by atoms with van der Waals surface area (Å²) in [4.78, 5) is 11.3. The van der Waals surface area contributed by atoms with E-state index in [0.717, 1.165) is 12.0 Å². The van der Waals surface area contributed by atoms with E-state index in [4.69, 9.17) is 4.74 Å². The summed E-state index contributed by atoms with van der Waals surface area (Å²) >= 11 is 3.55. The quantitative estimate of drug-likeness (QED) is 0.368. The van der Waals surface area contributed by atoms with Crippen molar-refractivity contribution >= 4 is 40.3 Å². The summed E-state index contributed by atoms with van der Waals surface area (Å²) in [5, 5.41) is 9.13. The molecule has 0 radical (unpaired) electrons. The van der Waals surface area contributed by atoms with Gasteiger partial charge in [-0.2, -0.15) is 5.26 Å². The molecule has 1 aromatic rings. The number of halogens is 1. The van der Waals surface area contributed by atoms with Gasteiger partial charge in [-0.15, -0.1) is 11.8 Å². The lowest BCUT2D eigenvalue weighted by atomic mass is 10.0. The molecule has 0 bridgehead atoms. The van der Waals surface area contributed by atoms with E-state index in [0.29, 0.717) is 6.61 Å². The third-order valence-electron chi connectivity index (χ3n) is 2.87. The molecule has 1 rings (SSSR count). The molecule has 2 unspecified atom stereocenters. The van der Waals surface area contributed by atoms with Crippen LogP contribution in [0, 0.1) is 11.3 Å². The summed E-state index contributed by atoms with van der Waals surface area (Å²) < 4.78 is 9.54. The predicted molar refractivity (Wildman–Crippen MR) is 92.7 cm³/mol. The Kier molecular flexibility index (Phi) is 8.73. The Balaban J connectivity index is 2.87. The molecule has 0 fully saturated rings. The summed E-state index contributed by atoms with van der Waals surface area (Å²) in [7, 11) is 3.05. The zero-order chi connectivity index (χ0) is 15.7. The molecule has 1 aromatic carbocycles. The standard InChI is InChI=1S/C15H18INO3S/c1-19-7-6-11-4-3-5-12(8-11)15(13(16)9-17)21-10-14(18)20-2/h3-5,8,13,15H,6-7,10H2,1-2H3. The average molecular weight is 419 g/mol. The van der Waals surface area contributed by atoms with Crippen LogP contribution in [0.1, 0.15) is 16.4 Å². The first-order chi connectivity index (χ1) is 10.1. The molecular formula is C15H18INO3S. The molecule has 0 saturated carbocycles. The zero-order valence-corrected chi connectivity index (χ0v) is 15.0. The molecule has 114 valence electrons. The highest BCUT2D eigenvalue weighted by molar-refractivity contribution is 14.1. The Hall–Kier alpha value is -0.780. The molecule has 0 aromatic heterocycles. The molecule has 4 nitrogen and oxygen atoms in total. The monoisotopic (exact) mass is 419 g/mol. The van der Waals surface area contributed by atoms with Crippen LogP contribution >= 0.6 is 34.4 Å². The maximum atomic E-state index is 11.3. The van der Waals surface area contributed by atoms with Crippen LogP contribution in [-0.2, 0) is 20.7 Å². The molecule has 0 aliphatic rings. The van der Waals surface area contributed by atoms with Crippen molar-refractivity contribution in [2.45, 2.75) is 15.6 Å². The van der Waals surface area contributed by atoms with E-state index in [1.54, 1.807) is 7.11 Å². The SMILES string of the molecule is COCCc1cccc(C(SCC(=O)OC)C(I)C#N)c1. The van der Waals surface area contributed by atoms with Gasteiger partial charge in [-0.1, -0.05) is 46.9 Å². The lowest BCUT2D eigenvalue weighted by Crippen LogP contribution is -2.12. The lowest BCUT2D eigenvalue weighted by molar-refractivity contribution is -0.137. The van der Waals surface area contributed by atoms with Crippen molar-refractivity contribution in [3.8, 4) is 6.07 Å². The number of carbonyl (C=O) groups is 1. The normalized spacial score (nSPS) is 13.2. The third-order valence-corrected chi connectivity index (χ3v) is 5.66. The lowest BCUT2D eigenvalue weighted by Gasteiger charge is -2.18. The molecule has 0 amide bonds. The summed E-state index contributed by atoms with van der Waals surface area (Å²) in [6.45, 7) is 0.662. The molecule has 0 heterocycles. The third kappa shape index (κ3) is 6.24. The van der Waals surface area contributed by atoms with E-state index in [1.807, 2.05) is 18.2 Å². The Morgan fingerprint density at radius 3 is 2.86 bits per heavy atom. The van der Waals surface area contributed by atoms with Crippen molar-refractivity contribution in [2.24, 2.45) is 0 Å². The number of rotatable bonds is 8. The number of nitriles is 1. The molecule has 0 aliphatic heterocycles. The van der Waals surface area contributed by atoms with Gasteiger partial charge in [0.2, 0.25) is 0 Å². The van der Waals surface area contributed by atoms with Crippen molar-refractivity contribution in [3.63, 3.8) is 0 Å². The van der Waals surface area contributed by atoms with Crippen LogP contribution in [0.5, 0.6) is 0 Å². The van der Waals surface area contributed by atoms with Crippen LogP contribution in [-0.4, -0.2) is 36.5 Å². The summed E-state index contributed by atoms with van der Waals surface area (Å²) in [6, 6.07) is 10.4. The van der Waals surface area contributed by atoms with E-state index in [-0.39, 0.29) is 20.9 Å². The van der Waals surface area contributed by atoms with E-state index < -0.39 is 0 Å². The van der Waals surface area contributed by atoms with Gasteiger partial charge in [0.05, 0.1) is 30.8 Å². The first-order valence-corrected chi connectivity index (χ1v) is 8.71. The fraction of sp³-hybridized carbons (Fsp3) is 0.467. The smallest absolute Gasteiger partial charge is 0.315 e. The summed E-state index contributed by atoms with van der Waals surface area (Å²) in [6.07, 6.45) is 0.831. The fourth-order valence-electron chi connectivity index (χ4n) is 1.78. The highest BCUT2D eigenvalue weighted by Gasteiger charge is 2.22.